The number of nitrogens with two attached hydrogens (primary N) is 1. The van der Waals surface area contributed by atoms with Gasteiger partial charge in [-0.2, -0.15) is 9.78 Å². The molecule has 2 aromatic carbocycles. The van der Waals surface area contributed by atoms with E-state index in [0.29, 0.717) is 55.8 Å². The molecular formula is C27H30F3N5O3S. The van der Waals surface area contributed by atoms with E-state index in [1.165, 1.54) is 18.3 Å². The molecule has 1 unspecified atom stereocenters. The summed E-state index contributed by atoms with van der Waals surface area (Å²) in [6.07, 6.45) is 3.55. The molecule has 39 heavy (non-hydrogen) atoms. The second kappa shape index (κ2) is 10.7. The summed E-state index contributed by atoms with van der Waals surface area (Å²) < 4.78 is 63.4. The van der Waals surface area contributed by atoms with E-state index < -0.39 is 34.4 Å². The molecule has 2 aliphatic rings. The minimum Gasteiger partial charge on any atom is -0.598 e. The number of benzene rings is 2. The quantitative estimate of drug-likeness (QED) is 0.331. The van der Waals surface area contributed by atoms with E-state index in [0.717, 1.165) is 23.6 Å². The van der Waals surface area contributed by atoms with Crippen LogP contribution in [0.2, 0.25) is 0 Å². The maximum absolute atomic E-state index is 14.1. The van der Waals surface area contributed by atoms with E-state index >= 15 is 0 Å². The smallest absolute Gasteiger partial charge is 0.316 e. The predicted octanol–water partition coefficient (Wildman–Crippen LogP) is 3.71. The average Bonchev–Trinajstić information content (AvgIpc) is 3.62. The van der Waals surface area contributed by atoms with Crippen LogP contribution < -0.4 is 20.9 Å². The standard InChI is InChI=1S/C27H30F3N5O3S/c1-17-9-19(28)12-21(10-17)35-26(36)25(38-16-27(2)3-4-27)23(14-32-35)33-5-7-34(8-6-33)39(37)15-18-11-20(29)13-22(30)24(18)31/h9-14H,3-8,15-16,31H2,1-2H3. The lowest BCUT2D eigenvalue weighted by molar-refractivity contribution is 0.242. The third-order valence-electron chi connectivity index (χ3n) is 7.18. The minimum absolute atomic E-state index is 0.0150. The molecular weight excluding hydrogens is 531 g/mol. The summed E-state index contributed by atoms with van der Waals surface area (Å²) in [5.41, 5.74) is 6.65. The summed E-state index contributed by atoms with van der Waals surface area (Å²) in [5.74, 6) is -2.10. The lowest BCUT2D eigenvalue weighted by atomic mass is 10.2. The summed E-state index contributed by atoms with van der Waals surface area (Å²) >= 11 is -1.56. The van der Waals surface area contributed by atoms with Crippen molar-refractivity contribution in [1.29, 1.82) is 0 Å². The number of nitrogens with zero attached hydrogens (tertiary/aromatic N) is 4. The van der Waals surface area contributed by atoms with Gasteiger partial charge in [0, 0.05) is 41.5 Å². The van der Waals surface area contributed by atoms with E-state index in [9.17, 15) is 22.5 Å². The molecule has 0 amide bonds. The lowest BCUT2D eigenvalue weighted by Crippen LogP contribution is -2.49. The van der Waals surface area contributed by atoms with Gasteiger partial charge in [0.15, 0.2) is 5.75 Å². The summed E-state index contributed by atoms with van der Waals surface area (Å²) in [4.78, 5) is 15.5. The maximum atomic E-state index is 14.1. The van der Waals surface area contributed by atoms with Gasteiger partial charge in [-0.05, 0) is 49.6 Å². The predicted molar refractivity (Wildman–Crippen MR) is 144 cm³/mol. The Kier molecular flexibility index (Phi) is 7.53. The number of ether oxygens (including phenoxy) is 1. The molecule has 5 rings (SSSR count). The number of nitrogen functional groups attached to an aromatic ring is 1. The third kappa shape index (κ3) is 6.02. The van der Waals surface area contributed by atoms with E-state index in [1.807, 2.05) is 4.90 Å². The summed E-state index contributed by atoms with van der Waals surface area (Å²) in [6.45, 7) is 5.76. The van der Waals surface area contributed by atoms with Gasteiger partial charge in [0.05, 0.1) is 37.3 Å². The van der Waals surface area contributed by atoms with Gasteiger partial charge < -0.3 is 19.9 Å². The highest BCUT2D eigenvalue weighted by atomic mass is 32.2. The molecule has 2 fully saturated rings. The average molecular weight is 562 g/mol. The van der Waals surface area contributed by atoms with E-state index in [2.05, 4.69) is 12.0 Å². The maximum Gasteiger partial charge on any atom is 0.316 e. The Labute approximate surface area is 227 Å². The molecule has 3 aromatic rings. The van der Waals surface area contributed by atoms with Crippen LogP contribution in [0.5, 0.6) is 5.75 Å². The molecule has 0 spiro atoms. The van der Waals surface area contributed by atoms with E-state index in [-0.39, 0.29) is 28.2 Å². The third-order valence-corrected chi connectivity index (χ3v) is 8.68. The first kappa shape index (κ1) is 27.4. The van der Waals surface area contributed by atoms with Crippen LogP contribution in [0.4, 0.5) is 24.5 Å². The van der Waals surface area contributed by atoms with Gasteiger partial charge in [-0.3, -0.25) is 4.79 Å². The van der Waals surface area contributed by atoms with Gasteiger partial charge in [0.25, 0.3) is 0 Å². The highest BCUT2D eigenvalue weighted by Crippen LogP contribution is 2.45. The monoisotopic (exact) mass is 561 g/mol. The van der Waals surface area contributed by atoms with E-state index in [4.69, 9.17) is 10.5 Å². The lowest BCUT2D eigenvalue weighted by Gasteiger charge is -2.36. The van der Waals surface area contributed by atoms with Crippen LogP contribution in [0.1, 0.15) is 30.9 Å². The molecule has 0 radical (unpaired) electrons. The number of hydrogen-bond acceptors (Lipinski definition) is 7. The number of aromatic nitrogens is 2. The Hall–Kier alpha value is -3.22. The zero-order chi connectivity index (χ0) is 27.9. The summed E-state index contributed by atoms with van der Waals surface area (Å²) in [6, 6.07) is 6.09. The van der Waals surface area contributed by atoms with Gasteiger partial charge in [0.1, 0.15) is 23.1 Å². The van der Waals surface area contributed by atoms with E-state index in [1.54, 1.807) is 17.3 Å². The van der Waals surface area contributed by atoms with Crippen LogP contribution in [0.15, 0.2) is 41.3 Å². The molecule has 0 bridgehead atoms. The topological polar surface area (TPSA) is 99.7 Å². The van der Waals surface area contributed by atoms with Gasteiger partial charge >= 0.3 is 5.56 Å². The molecule has 1 saturated carbocycles. The molecule has 1 aliphatic carbocycles. The number of piperazine rings is 1. The highest BCUT2D eigenvalue weighted by molar-refractivity contribution is 7.88. The highest BCUT2D eigenvalue weighted by Gasteiger charge is 2.39. The second-order valence-corrected chi connectivity index (χ2v) is 12.0. The van der Waals surface area contributed by atoms with Crippen molar-refractivity contribution in [2.45, 2.75) is 32.4 Å². The van der Waals surface area contributed by atoms with Crippen molar-refractivity contribution in [3.8, 4) is 11.4 Å². The second-order valence-electron chi connectivity index (χ2n) is 10.5. The number of anilines is 2. The van der Waals surface area contributed by atoms with Crippen LogP contribution in [-0.2, 0) is 17.1 Å². The molecule has 2 N–H and O–H groups in total. The number of rotatable bonds is 8. The van der Waals surface area contributed by atoms with Crippen molar-refractivity contribution < 1.29 is 22.5 Å². The van der Waals surface area contributed by atoms with Crippen molar-refractivity contribution >= 4 is 22.7 Å². The fourth-order valence-corrected chi connectivity index (χ4v) is 5.79. The Bertz CT molecular complexity index is 1420. The largest absolute Gasteiger partial charge is 0.598 e. The molecule has 2 heterocycles. The zero-order valence-corrected chi connectivity index (χ0v) is 22.6. The van der Waals surface area contributed by atoms with Crippen LogP contribution in [0.3, 0.4) is 0 Å². The minimum atomic E-state index is -1.56. The SMILES string of the molecule is Cc1cc(F)cc(-n2ncc(N3CCN([S+]([O-])Cc4cc(F)cc(F)c4N)CC3)c(OCC3(C)CC3)c2=O)c1. The first-order valence-electron chi connectivity index (χ1n) is 12.7. The van der Waals surface area contributed by atoms with Crippen LogP contribution in [0.25, 0.3) is 5.69 Å². The van der Waals surface area contributed by atoms with Gasteiger partial charge in [-0.1, -0.05) is 6.92 Å². The first-order chi connectivity index (χ1) is 18.5. The molecule has 1 saturated heterocycles. The number of aryl methyl sites for hydroxylation is 1. The molecule has 1 aliphatic heterocycles. The fraction of sp³-hybridized carbons (Fsp3) is 0.407. The van der Waals surface area contributed by atoms with Crippen molar-refractivity contribution in [2.75, 3.05) is 43.4 Å². The Balaban J connectivity index is 1.35. The Morgan fingerprint density at radius 3 is 2.44 bits per heavy atom. The number of hydrogen-bond donors (Lipinski definition) is 1. The van der Waals surface area contributed by atoms with Crippen LogP contribution in [-0.4, -0.2) is 51.4 Å². The first-order valence-corrected chi connectivity index (χ1v) is 13.9. The van der Waals surface area contributed by atoms with Crippen molar-refractivity contribution in [1.82, 2.24) is 14.1 Å². The van der Waals surface area contributed by atoms with Crippen LogP contribution in [0, 0.1) is 29.8 Å². The summed E-state index contributed by atoms with van der Waals surface area (Å²) in [5, 5.41) is 4.32. The molecule has 208 valence electrons. The Morgan fingerprint density at radius 1 is 1.08 bits per heavy atom. The van der Waals surface area contributed by atoms with Gasteiger partial charge in [-0.15, -0.1) is 4.31 Å². The zero-order valence-electron chi connectivity index (χ0n) is 21.8. The molecule has 1 aromatic heterocycles. The van der Waals surface area contributed by atoms with Crippen molar-refractivity contribution in [3.63, 3.8) is 0 Å². The van der Waals surface area contributed by atoms with Crippen molar-refractivity contribution in [3.05, 3.63) is 75.5 Å². The van der Waals surface area contributed by atoms with Crippen LogP contribution >= 0.6 is 0 Å². The van der Waals surface area contributed by atoms with Gasteiger partial charge in [0.2, 0.25) is 5.75 Å². The molecule has 12 heteroatoms. The van der Waals surface area contributed by atoms with Crippen molar-refractivity contribution in [2.24, 2.45) is 5.41 Å². The number of halogens is 3. The molecule has 1 atom stereocenters. The Morgan fingerprint density at radius 2 is 1.77 bits per heavy atom. The fourth-order valence-electron chi connectivity index (χ4n) is 4.53. The summed E-state index contributed by atoms with van der Waals surface area (Å²) in [7, 11) is 0. The molecule has 8 nitrogen and oxygen atoms in total. The normalized spacial score (nSPS) is 17.7. The van der Waals surface area contributed by atoms with Gasteiger partial charge in [-0.25, -0.2) is 13.2 Å².